The Bertz CT molecular complexity index is 821. The third kappa shape index (κ3) is 2.05. The Morgan fingerprint density at radius 2 is 2.09 bits per heavy atom. The normalized spacial score (nSPS) is 22.5. The number of nitrogens with zero attached hydrogens (tertiary/aromatic N) is 3. The summed E-state index contributed by atoms with van der Waals surface area (Å²) < 4.78 is 1.40. The molecule has 0 bridgehead atoms. The van der Waals surface area contributed by atoms with E-state index in [1.54, 1.807) is 29.4 Å². The Balaban J connectivity index is 1.70. The zero-order chi connectivity index (χ0) is 16.2. The third-order valence-electron chi connectivity index (χ3n) is 4.52. The van der Waals surface area contributed by atoms with Gasteiger partial charge in [-0.1, -0.05) is 23.2 Å². The van der Waals surface area contributed by atoms with Crippen molar-refractivity contribution in [3.63, 3.8) is 0 Å². The molecule has 6 nitrogen and oxygen atoms in total. The van der Waals surface area contributed by atoms with Crippen LogP contribution in [0.15, 0.2) is 30.9 Å². The van der Waals surface area contributed by atoms with Crippen LogP contribution in [0.4, 0.5) is 10.5 Å². The van der Waals surface area contributed by atoms with Crippen LogP contribution in [0.2, 0.25) is 10.0 Å². The second-order valence-corrected chi connectivity index (χ2v) is 6.59. The number of carbonyl (C=O) groups excluding carboxylic acids is 2. The van der Waals surface area contributed by atoms with Crippen LogP contribution in [0.5, 0.6) is 0 Å². The van der Waals surface area contributed by atoms with Gasteiger partial charge in [0.25, 0.3) is 0 Å². The van der Waals surface area contributed by atoms with E-state index in [0.29, 0.717) is 35.2 Å². The van der Waals surface area contributed by atoms with Crippen molar-refractivity contribution in [3.8, 4) is 0 Å². The van der Waals surface area contributed by atoms with Gasteiger partial charge in [-0.25, -0.2) is 9.78 Å². The van der Waals surface area contributed by atoms with Crippen molar-refractivity contribution in [1.29, 1.82) is 0 Å². The zero-order valence-corrected chi connectivity index (χ0v) is 13.4. The Hall–Kier alpha value is -2.05. The average molecular weight is 351 g/mol. The molecule has 1 N–H and O–H groups in total. The lowest BCUT2D eigenvalue weighted by atomic mass is 9.81. The quantitative estimate of drug-likeness (QED) is 0.794. The molecule has 0 radical (unpaired) electrons. The van der Waals surface area contributed by atoms with Gasteiger partial charge >= 0.3 is 6.03 Å². The van der Waals surface area contributed by atoms with Gasteiger partial charge in [-0.05, 0) is 24.1 Å². The molecule has 4 rings (SSSR count). The van der Waals surface area contributed by atoms with Crippen molar-refractivity contribution < 1.29 is 9.59 Å². The molecule has 3 heterocycles. The van der Waals surface area contributed by atoms with E-state index in [0.717, 1.165) is 5.56 Å². The van der Waals surface area contributed by atoms with Gasteiger partial charge in [-0.3, -0.25) is 9.36 Å². The van der Waals surface area contributed by atoms with Crippen LogP contribution >= 0.6 is 23.2 Å². The van der Waals surface area contributed by atoms with Gasteiger partial charge in [0.1, 0.15) is 6.33 Å². The second-order valence-electron chi connectivity index (χ2n) is 5.77. The largest absolute Gasteiger partial charge is 0.329 e. The number of hydrogen-bond donors (Lipinski definition) is 1. The fourth-order valence-corrected chi connectivity index (χ4v) is 3.65. The van der Waals surface area contributed by atoms with Crippen molar-refractivity contribution in [1.82, 2.24) is 14.5 Å². The predicted octanol–water partition coefficient (Wildman–Crippen LogP) is 2.75. The number of halogens is 2. The molecule has 2 aromatic rings. The SMILES string of the molecule is O=C(N1CC[C@]2(C1)C(=O)Nc1cc(Cl)c(Cl)cc12)n1ccnc1. The lowest BCUT2D eigenvalue weighted by molar-refractivity contribution is -0.120. The van der Waals surface area contributed by atoms with E-state index in [1.807, 2.05) is 0 Å². The van der Waals surface area contributed by atoms with E-state index in [4.69, 9.17) is 23.2 Å². The van der Waals surface area contributed by atoms with Crippen LogP contribution in [-0.2, 0) is 10.2 Å². The first-order valence-electron chi connectivity index (χ1n) is 7.09. The van der Waals surface area contributed by atoms with Crippen LogP contribution < -0.4 is 5.32 Å². The summed E-state index contributed by atoms with van der Waals surface area (Å²) in [7, 11) is 0. The number of amides is 2. The molecule has 23 heavy (non-hydrogen) atoms. The smallest absolute Gasteiger partial charge is 0.325 e. The van der Waals surface area contributed by atoms with Crippen molar-refractivity contribution in [2.45, 2.75) is 11.8 Å². The Kier molecular flexibility index (Phi) is 3.14. The van der Waals surface area contributed by atoms with Crippen molar-refractivity contribution in [2.75, 3.05) is 18.4 Å². The first kappa shape index (κ1) is 14.5. The molecule has 0 saturated carbocycles. The average Bonchev–Trinajstić information content (AvgIpc) is 3.23. The molecule has 1 aromatic carbocycles. The number of nitrogens with one attached hydrogen (secondary N) is 1. The van der Waals surface area contributed by atoms with Crippen molar-refractivity contribution in [3.05, 3.63) is 46.5 Å². The monoisotopic (exact) mass is 350 g/mol. The number of anilines is 1. The highest BCUT2D eigenvalue weighted by Crippen LogP contribution is 2.46. The Morgan fingerprint density at radius 3 is 2.83 bits per heavy atom. The summed E-state index contributed by atoms with van der Waals surface area (Å²) in [4.78, 5) is 30.6. The number of likely N-dealkylation sites (tertiary alicyclic amines) is 1. The summed E-state index contributed by atoms with van der Waals surface area (Å²) in [5.74, 6) is -0.119. The summed E-state index contributed by atoms with van der Waals surface area (Å²) >= 11 is 12.1. The van der Waals surface area contributed by atoms with Gasteiger partial charge in [-0.2, -0.15) is 0 Å². The highest BCUT2D eigenvalue weighted by Gasteiger charge is 2.52. The molecular weight excluding hydrogens is 339 g/mol. The maximum Gasteiger partial charge on any atom is 0.329 e. The number of rotatable bonds is 0. The first-order valence-corrected chi connectivity index (χ1v) is 7.85. The lowest BCUT2D eigenvalue weighted by Gasteiger charge is -2.22. The topological polar surface area (TPSA) is 67.2 Å². The molecule has 2 amide bonds. The van der Waals surface area contributed by atoms with Crippen molar-refractivity contribution >= 4 is 40.8 Å². The van der Waals surface area contributed by atoms with E-state index in [-0.39, 0.29) is 11.9 Å². The molecule has 1 atom stereocenters. The number of carbonyl (C=O) groups is 2. The molecule has 0 aliphatic carbocycles. The van der Waals surface area contributed by atoms with Crippen LogP contribution in [0.25, 0.3) is 0 Å². The standard InChI is InChI=1S/C15H12Cl2N4O2/c16-10-5-9-12(6-11(10)17)19-13(22)15(9)1-3-20(7-15)14(23)21-4-2-18-8-21/h2,4-6,8H,1,3,7H2,(H,19,22)/t15-/m1/s1. The molecule has 1 saturated heterocycles. The molecule has 1 spiro atoms. The fraction of sp³-hybridized carbons (Fsp3) is 0.267. The molecule has 118 valence electrons. The van der Waals surface area contributed by atoms with E-state index in [1.165, 1.54) is 10.9 Å². The predicted molar refractivity (Wildman–Crippen MR) is 86.0 cm³/mol. The van der Waals surface area contributed by atoms with E-state index in [2.05, 4.69) is 10.3 Å². The number of aromatic nitrogens is 2. The summed E-state index contributed by atoms with van der Waals surface area (Å²) in [6.45, 7) is 0.797. The Labute approximate surface area is 142 Å². The van der Waals surface area contributed by atoms with Crippen LogP contribution in [-0.4, -0.2) is 39.5 Å². The Morgan fingerprint density at radius 1 is 1.30 bits per heavy atom. The van der Waals surface area contributed by atoms with Crippen molar-refractivity contribution in [2.24, 2.45) is 0 Å². The van der Waals surface area contributed by atoms with Crippen LogP contribution in [0.1, 0.15) is 12.0 Å². The first-order chi connectivity index (χ1) is 11.0. The summed E-state index contributed by atoms with van der Waals surface area (Å²) in [5, 5.41) is 3.65. The minimum atomic E-state index is -0.764. The number of fused-ring (bicyclic) bond motifs is 2. The lowest BCUT2D eigenvalue weighted by Crippen LogP contribution is -2.40. The fourth-order valence-electron chi connectivity index (χ4n) is 3.32. The van der Waals surface area contributed by atoms with E-state index < -0.39 is 5.41 Å². The molecule has 8 heteroatoms. The van der Waals surface area contributed by atoms with Gasteiger partial charge in [0.05, 0.1) is 15.5 Å². The maximum atomic E-state index is 12.6. The van der Waals surface area contributed by atoms with Crippen LogP contribution in [0.3, 0.4) is 0 Å². The molecule has 0 unspecified atom stereocenters. The third-order valence-corrected chi connectivity index (χ3v) is 5.25. The molecule has 2 aliphatic heterocycles. The molecule has 1 aromatic heterocycles. The highest BCUT2D eigenvalue weighted by atomic mass is 35.5. The van der Waals surface area contributed by atoms with Gasteiger partial charge < -0.3 is 10.2 Å². The zero-order valence-electron chi connectivity index (χ0n) is 11.9. The molecule has 2 aliphatic rings. The van der Waals surface area contributed by atoms with Gasteiger partial charge in [-0.15, -0.1) is 0 Å². The number of hydrogen-bond acceptors (Lipinski definition) is 3. The second kappa shape index (κ2) is 4.97. The number of imidazole rings is 1. The maximum absolute atomic E-state index is 12.6. The van der Waals surface area contributed by atoms with Gasteiger partial charge in [0.2, 0.25) is 5.91 Å². The van der Waals surface area contributed by atoms with E-state index in [9.17, 15) is 9.59 Å². The summed E-state index contributed by atoms with van der Waals surface area (Å²) in [5.41, 5.74) is 0.707. The highest BCUT2D eigenvalue weighted by molar-refractivity contribution is 6.42. The molecular formula is C15H12Cl2N4O2. The minimum absolute atomic E-state index is 0.119. The summed E-state index contributed by atoms with van der Waals surface area (Å²) in [6.07, 6.45) is 5.13. The van der Waals surface area contributed by atoms with Gasteiger partial charge in [0, 0.05) is 31.2 Å². The molecule has 1 fully saturated rings. The minimum Gasteiger partial charge on any atom is -0.325 e. The number of benzene rings is 1. The summed E-state index contributed by atoms with van der Waals surface area (Å²) in [6, 6.07) is 3.19. The van der Waals surface area contributed by atoms with Gasteiger partial charge in [0.15, 0.2) is 0 Å². The van der Waals surface area contributed by atoms with Crippen LogP contribution in [0, 0.1) is 0 Å². The van der Waals surface area contributed by atoms with E-state index >= 15 is 0 Å².